The van der Waals surface area contributed by atoms with Gasteiger partial charge in [0.1, 0.15) is 6.04 Å². The maximum atomic E-state index is 13.1. The Kier molecular flexibility index (Phi) is 8.93. The van der Waals surface area contributed by atoms with Crippen LogP contribution in [0.3, 0.4) is 0 Å². The Morgan fingerprint density at radius 1 is 1.16 bits per heavy atom. The molecule has 2 N–H and O–H groups in total. The molecule has 0 aromatic heterocycles. The Morgan fingerprint density at radius 3 is 2.44 bits per heavy atom. The maximum Gasteiger partial charge on any atom is 0.243 e. The van der Waals surface area contributed by atoms with Gasteiger partial charge >= 0.3 is 0 Å². The predicted octanol–water partition coefficient (Wildman–Crippen LogP) is 2.46. The molecule has 2 atom stereocenters. The molecule has 2 fully saturated rings. The van der Waals surface area contributed by atoms with E-state index in [0.29, 0.717) is 18.1 Å². The Bertz CT molecular complexity index is 881. The molecule has 1 aromatic rings. The molecular weight excluding hydrogens is 454 g/mol. The molecular formula is C22H32ClN3O5S. The van der Waals surface area contributed by atoms with Crippen LogP contribution >= 0.6 is 11.6 Å². The molecule has 1 aliphatic carbocycles. The first kappa shape index (κ1) is 25.0. The summed E-state index contributed by atoms with van der Waals surface area (Å²) in [5.41, 5.74) is 0. The molecule has 1 aromatic carbocycles. The van der Waals surface area contributed by atoms with Gasteiger partial charge in [0.05, 0.1) is 17.5 Å². The van der Waals surface area contributed by atoms with E-state index < -0.39 is 28.5 Å². The second kappa shape index (κ2) is 11.4. The topological polar surface area (TPSA) is 105 Å². The number of amides is 2. The number of benzene rings is 1. The number of sulfonamides is 1. The fraction of sp³-hybridized carbons (Fsp3) is 0.636. The summed E-state index contributed by atoms with van der Waals surface area (Å²) >= 11 is 5.83. The molecule has 0 radical (unpaired) electrons. The number of halogens is 1. The van der Waals surface area contributed by atoms with Crippen LogP contribution in [0, 0.1) is 0 Å². The van der Waals surface area contributed by atoms with E-state index in [2.05, 4.69) is 10.0 Å². The number of carbonyl (C=O) groups is 2. The highest BCUT2D eigenvalue weighted by molar-refractivity contribution is 7.89. The highest BCUT2D eigenvalue weighted by atomic mass is 35.5. The van der Waals surface area contributed by atoms with E-state index in [1.54, 1.807) is 0 Å². The predicted molar refractivity (Wildman–Crippen MR) is 122 cm³/mol. The van der Waals surface area contributed by atoms with Crippen molar-refractivity contribution in [2.45, 2.75) is 75.0 Å². The SMILES string of the molecule is CC[C@H](C(=O)NC1CCCC1)N(C[C@H]1CCCO1)C(=O)CNS(=O)(=O)c1ccc(Cl)cc1. The molecule has 1 heterocycles. The normalized spacial score (nSPS) is 20.2. The van der Waals surface area contributed by atoms with Crippen LogP contribution in [0.1, 0.15) is 51.9 Å². The third-order valence-corrected chi connectivity index (χ3v) is 7.72. The third kappa shape index (κ3) is 6.66. The van der Waals surface area contributed by atoms with Gasteiger partial charge in [0.25, 0.3) is 0 Å². The summed E-state index contributed by atoms with van der Waals surface area (Å²) in [6.45, 7) is 2.30. The van der Waals surface area contributed by atoms with E-state index in [9.17, 15) is 18.0 Å². The highest BCUT2D eigenvalue weighted by Crippen LogP contribution is 2.20. The summed E-state index contributed by atoms with van der Waals surface area (Å²) < 4.78 is 33.2. The van der Waals surface area contributed by atoms with Crippen molar-refractivity contribution in [2.75, 3.05) is 19.7 Å². The summed E-state index contributed by atoms with van der Waals surface area (Å²) in [5.74, 6) is -0.641. The Morgan fingerprint density at radius 2 is 1.84 bits per heavy atom. The van der Waals surface area contributed by atoms with Crippen LogP contribution in [0.5, 0.6) is 0 Å². The fourth-order valence-electron chi connectivity index (χ4n) is 4.28. The molecule has 0 bridgehead atoms. The van der Waals surface area contributed by atoms with Gasteiger partial charge in [0.2, 0.25) is 21.8 Å². The summed E-state index contributed by atoms with van der Waals surface area (Å²) in [5, 5.41) is 3.49. The molecule has 1 saturated heterocycles. The monoisotopic (exact) mass is 485 g/mol. The van der Waals surface area contributed by atoms with Crippen molar-refractivity contribution < 1.29 is 22.7 Å². The van der Waals surface area contributed by atoms with Crippen molar-refractivity contribution in [1.29, 1.82) is 0 Å². The first-order valence-electron chi connectivity index (χ1n) is 11.3. The lowest BCUT2D eigenvalue weighted by atomic mass is 10.1. The molecule has 1 aliphatic heterocycles. The molecule has 178 valence electrons. The molecule has 32 heavy (non-hydrogen) atoms. The quantitative estimate of drug-likeness (QED) is 0.529. The van der Waals surface area contributed by atoms with Gasteiger partial charge in [0, 0.05) is 24.2 Å². The second-order valence-electron chi connectivity index (χ2n) is 8.37. The zero-order valence-electron chi connectivity index (χ0n) is 18.4. The van der Waals surface area contributed by atoms with Crippen LogP contribution < -0.4 is 10.0 Å². The zero-order valence-corrected chi connectivity index (χ0v) is 20.0. The number of hydrogen-bond acceptors (Lipinski definition) is 5. The standard InChI is InChI=1S/C22H32ClN3O5S/c1-2-20(22(28)25-17-6-3-4-7-17)26(15-18-8-5-13-31-18)21(27)14-24-32(29,30)19-11-9-16(23)10-12-19/h9-12,17-18,20,24H,2-8,13-15H2,1H3,(H,25,28)/t18-,20-/m1/s1. The smallest absolute Gasteiger partial charge is 0.243 e. The average Bonchev–Trinajstić information content (AvgIpc) is 3.46. The molecule has 2 aliphatic rings. The Labute approximate surface area is 195 Å². The van der Waals surface area contributed by atoms with Crippen LogP contribution in [0.4, 0.5) is 0 Å². The van der Waals surface area contributed by atoms with Crippen molar-refractivity contribution in [3.8, 4) is 0 Å². The lowest BCUT2D eigenvalue weighted by Gasteiger charge is -2.33. The summed E-state index contributed by atoms with van der Waals surface area (Å²) in [6.07, 6.45) is 6.06. The first-order valence-corrected chi connectivity index (χ1v) is 13.1. The zero-order chi connectivity index (χ0) is 23.1. The van der Waals surface area contributed by atoms with E-state index in [4.69, 9.17) is 16.3 Å². The number of carbonyl (C=O) groups excluding carboxylic acids is 2. The minimum absolute atomic E-state index is 0.0198. The molecule has 3 rings (SSSR count). The minimum Gasteiger partial charge on any atom is -0.376 e. The van der Waals surface area contributed by atoms with E-state index >= 15 is 0 Å². The van der Waals surface area contributed by atoms with Crippen molar-refractivity contribution in [1.82, 2.24) is 14.9 Å². The molecule has 0 spiro atoms. The fourth-order valence-corrected chi connectivity index (χ4v) is 5.38. The maximum absolute atomic E-state index is 13.1. The third-order valence-electron chi connectivity index (χ3n) is 6.05. The lowest BCUT2D eigenvalue weighted by molar-refractivity contribution is -0.141. The molecule has 1 saturated carbocycles. The van der Waals surface area contributed by atoms with Gasteiger partial charge < -0.3 is 15.0 Å². The number of hydrogen-bond donors (Lipinski definition) is 2. The molecule has 2 amide bonds. The molecule has 8 nitrogen and oxygen atoms in total. The molecule has 0 unspecified atom stereocenters. The number of ether oxygens (including phenoxy) is 1. The number of nitrogens with zero attached hydrogens (tertiary/aromatic N) is 1. The average molecular weight is 486 g/mol. The molecule has 10 heteroatoms. The van der Waals surface area contributed by atoms with Gasteiger partial charge in [-0.25, -0.2) is 13.1 Å². The van der Waals surface area contributed by atoms with Gasteiger partial charge in [-0.2, -0.15) is 0 Å². The van der Waals surface area contributed by atoms with E-state index in [1.165, 1.54) is 29.2 Å². The van der Waals surface area contributed by atoms with Gasteiger partial charge in [-0.3, -0.25) is 9.59 Å². The van der Waals surface area contributed by atoms with Crippen LogP contribution in [-0.4, -0.2) is 63.0 Å². The largest absolute Gasteiger partial charge is 0.376 e. The Balaban J connectivity index is 1.70. The van der Waals surface area contributed by atoms with Crippen molar-refractivity contribution in [3.63, 3.8) is 0 Å². The van der Waals surface area contributed by atoms with Crippen LogP contribution in [0.2, 0.25) is 5.02 Å². The van der Waals surface area contributed by atoms with Gasteiger partial charge in [-0.05, 0) is 56.4 Å². The van der Waals surface area contributed by atoms with Crippen LogP contribution in [0.25, 0.3) is 0 Å². The van der Waals surface area contributed by atoms with E-state index in [0.717, 1.165) is 38.5 Å². The van der Waals surface area contributed by atoms with Crippen LogP contribution in [-0.2, 0) is 24.3 Å². The van der Waals surface area contributed by atoms with Gasteiger partial charge in [-0.15, -0.1) is 0 Å². The lowest BCUT2D eigenvalue weighted by Crippen LogP contribution is -2.55. The Hall–Kier alpha value is -1.68. The summed E-state index contributed by atoms with van der Waals surface area (Å²) in [6, 6.07) is 5.17. The van der Waals surface area contributed by atoms with E-state index in [1.807, 2.05) is 6.92 Å². The summed E-state index contributed by atoms with van der Waals surface area (Å²) in [4.78, 5) is 27.7. The second-order valence-corrected chi connectivity index (χ2v) is 10.6. The highest BCUT2D eigenvalue weighted by Gasteiger charge is 2.33. The van der Waals surface area contributed by atoms with Crippen LogP contribution in [0.15, 0.2) is 29.2 Å². The number of nitrogens with one attached hydrogen (secondary N) is 2. The van der Waals surface area contributed by atoms with Crippen molar-refractivity contribution in [2.24, 2.45) is 0 Å². The van der Waals surface area contributed by atoms with Gasteiger partial charge in [0.15, 0.2) is 0 Å². The van der Waals surface area contributed by atoms with Crippen molar-refractivity contribution in [3.05, 3.63) is 29.3 Å². The number of rotatable bonds is 10. The van der Waals surface area contributed by atoms with Crippen molar-refractivity contribution >= 4 is 33.4 Å². The van der Waals surface area contributed by atoms with Gasteiger partial charge in [-0.1, -0.05) is 31.4 Å². The first-order chi connectivity index (χ1) is 15.3. The minimum atomic E-state index is -3.89. The summed E-state index contributed by atoms with van der Waals surface area (Å²) in [7, 11) is -3.89. The van der Waals surface area contributed by atoms with E-state index in [-0.39, 0.29) is 29.5 Å².